The lowest BCUT2D eigenvalue weighted by molar-refractivity contribution is -0.111. The van der Waals surface area contributed by atoms with Gasteiger partial charge in [-0.25, -0.2) is 19.4 Å². The predicted octanol–water partition coefficient (Wildman–Crippen LogP) is 4.22. The number of benzene rings is 2. The second kappa shape index (κ2) is 9.14. The quantitative estimate of drug-likeness (QED) is 0.443. The highest BCUT2D eigenvalue weighted by atomic mass is 16.6. The summed E-state index contributed by atoms with van der Waals surface area (Å²) in [6.45, 7) is 5.33. The van der Waals surface area contributed by atoms with Crippen LogP contribution in [0.1, 0.15) is 26.5 Å². The maximum atomic E-state index is 12.4. The standard InChI is InChI=1S/C25H23N5O4/c1-25(2,3)34-24(33)30-14-18(26-15-30)11-12-21(31)27-17-8-6-7-16(13-17)22-19-9-4-5-10-20(19)23(32)29-28-22/h4-15H,1-3H3,(H,27,31)(H,29,32)/b12-11+. The number of fused-ring (bicyclic) bond motifs is 1. The van der Waals surface area contributed by atoms with Crippen LogP contribution in [0.25, 0.3) is 28.1 Å². The third-order valence-electron chi connectivity index (χ3n) is 4.71. The minimum Gasteiger partial charge on any atom is -0.443 e. The van der Waals surface area contributed by atoms with Crippen LogP contribution in [0, 0.1) is 0 Å². The van der Waals surface area contributed by atoms with Crippen LogP contribution < -0.4 is 10.9 Å². The fourth-order valence-corrected chi connectivity index (χ4v) is 3.26. The van der Waals surface area contributed by atoms with Crippen molar-refractivity contribution >= 4 is 34.5 Å². The van der Waals surface area contributed by atoms with Gasteiger partial charge in [0.05, 0.1) is 16.8 Å². The molecular weight excluding hydrogens is 434 g/mol. The fourth-order valence-electron chi connectivity index (χ4n) is 3.26. The van der Waals surface area contributed by atoms with E-state index in [0.717, 1.165) is 10.9 Å². The summed E-state index contributed by atoms with van der Waals surface area (Å²) < 4.78 is 6.49. The predicted molar refractivity (Wildman–Crippen MR) is 129 cm³/mol. The van der Waals surface area contributed by atoms with E-state index in [1.165, 1.54) is 29.2 Å². The first-order chi connectivity index (χ1) is 16.2. The first-order valence-electron chi connectivity index (χ1n) is 10.5. The Balaban J connectivity index is 1.48. The van der Waals surface area contributed by atoms with Gasteiger partial charge in [-0.2, -0.15) is 5.10 Å². The number of nitrogens with one attached hydrogen (secondary N) is 2. The molecule has 0 atom stereocenters. The number of carbonyl (C=O) groups excluding carboxylic acids is 2. The fraction of sp³-hybridized carbons (Fsp3) is 0.160. The zero-order valence-corrected chi connectivity index (χ0v) is 18.9. The topological polar surface area (TPSA) is 119 Å². The van der Waals surface area contributed by atoms with E-state index in [1.807, 2.05) is 18.2 Å². The van der Waals surface area contributed by atoms with Gasteiger partial charge in [-0.05, 0) is 45.0 Å². The molecule has 9 heteroatoms. The Kier molecular flexibility index (Phi) is 6.09. The Morgan fingerprint density at radius 3 is 2.62 bits per heavy atom. The second-order valence-electron chi connectivity index (χ2n) is 8.54. The monoisotopic (exact) mass is 457 g/mol. The average molecular weight is 457 g/mol. The molecule has 2 aromatic carbocycles. The number of amides is 1. The normalized spacial score (nSPS) is 11.6. The Bertz CT molecular complexity index is 1460. The summed E-state index contributed by atoms with van der Waals surface area (Å²) >= 11 is 0. The highest BCUT2D eigenvalue weighted by Crippen LogP contribution is 2.26. The van der Waals surface area contributed by atoms with Gasteiger partial charge in [0.25, 0.3) is 5.56 Å². The summed E-state index contributed by atoms with van der Waals surface area (Å²) in [5, 5.41) is 10.8. The van der Waals surface area contributed by atoms with Crippen LogP contribution in [0.2, 0.25) is 0 Å². The van der Waals surface area contributed by atoms with Crippen LogP contribution in [0.4, 0.5) is 10.5 Å². The van der Waals surface area contributed by atoms with Crippen LogP contribution in [0.3, 0.4) is 0 Å². The van der Waals surface area contributed by atoms with E-state index < -0.39 is 11.7 Å². The van der Waals surface area contributed by atoms with Gasteiger partial charge in [0.1, 0.15) is 11.9 Å². The molecule has 0 saturated carbocycles. The van der Waals surface area contributed by atoms with Crippen molar-refractivity contribution in [1.82, 2.24) is 19.7 Å². The van der Waals surface area contributed by atoms with E-state index in [2.05, 4.69) is 20.5 Å². The van der Waals surface area contributed by atoms with Crippen molar-refractivity contribution in [3.05, 3.63) is 83.2 Å². The Hall–Kier alpha value is -4.53. The zero-order valence-electron chi connectivity index (χ0n) is 18.9. The van der Waals surface area contributed by atoms with Gasteiger partial charge in [-0.1, -0.05) is 30.3 Å². The molecule has 9 nitrogen and oxygen atoms in total. The zero-order chi connectivity index (χ0) is 24.3. The summed E-state index contributed by atoms with van der Waals surface area (Å²) in [6.07, 6.45) is 5.07. The van der Waals surface area contributed by atoms with Crippen LogP contribution in [-0.2, 0) is 9.53 Å². The number of aromatic nitrogens is 4. The molecule has 0 unspecified atom stereocenters. The number of anilines is 1. The molecule has 0 aliphatic carbocycles. The van der Waals surface area contributed by atoms with Gasteiger partial charge < -0.3 is 10.1 Å². The molecule has 2 aromatic heterocycles. The highest BCUT2D eigenvalue weighted by Gasteiger charge is 2.17. The third kappa shape index (κ3) is 5.26. The average Bonchev–Trinajstić information content (AvgIpc) is 3.27. The lowest BCUT2D eigenvalue weighted by atomic mass is 10.0. The number of H-pyrrole nitrogens is 1. The summed E-state index contributed by atoms with van der Waals surface area (Å²) in [6, 6.07) is 14.4. The molecule has 0 aliphatic rings. The van der Waals surface area contributed by atoms with Crippen molar-refractivity contribution in [3.8, 4) is 11.3 Å². The molecule has 0 saturated heterocycles. The van der Waals surface area contributed by atoms with Crippen LogP contribution in [0.15, 0.2) is 71.9 Å². The summed E-state index contributed by atoms with van der Waals surface area (Å²) in [7, 11) is 0. The molecule has 172 valence electrons. The van der Waals surface area contributed by atoms with Crippen LogP contribution in [-0.4, -0.2) is 37.3 Å². The number of ether oxygens (including phenoxy) is 1. The Morgan fingerprint density at radius 1 is 1.09 bits per heavy atom. The number of hydrogen-bond acceptors (Lipinski definition) is 6. The van der Waals surface area contributed by atoms with Gasteiger partial charge >= 0.3 is 6.09 Å². The minimum absolute atomic E-state index is 0.261. The lowest BCUT2D eigenvalue weighted by Crippen LogP contribution is -2.26. The molecule has 4 rings (SSSR count). The smallest absolute Gasteiger partial charge is 0.419 e. The van der Waals surface area contributed by atoms with Crippen molar-refractivity contribution in [2.45, 2.75) is 26.4 Å². The van der Waals surface area contributed by atoms with Gasteiger partial charge in [0.15, 0.2) is 0 Å². The minimum atomic E-state index is -0.622. The molecule has 4 aromatic rings. The molecule has 0 bridgehead atoms. The Morgan fingerprint density at radius 2 is 1.85 bits per heavy atom. The maximum absolute atomic E-state index is 12.4. The molecule has 2 N–H and O–H groups in total. The van der Waals surface area contributed by atoms with Crippen LogP contribution in [0.5, 0.6) is 0 Å². The van der Waals surface area contributed by atoms with Crippen molar-refractivity contribution in [1.29, 1.82) is 0 Å². The molecule has 34 heavy (non-hydrogen) atoms. The largest absolute Gasteiger partial charge is 0.443 e. The second-order valence-corrected chi connectivity index (χ2v) is 8.54. The summed E-state index contributed by atoms with van der Waals surface area (Å²) in [4.78, 5) is 40.6. The van der Waals surface area contributed by atoms with Crippen molar-refractivity contribution in [2.24, 2.45) is 0 Å². The third-order valence-corrected chi connectivity index (χ3v) is 4.71. The van der Waals surface area contributed by atoms with Gasteiger partial charge in [0, 0.05) is 28.9 Å². The van der Waals surface area contributed by atoms with E-state index in [-0.39, 0.29) is 11.5 Å². The number of aromatic amines is 1. The molecule has 0 radical (unpaired) electrons. The molecule has 1 amide bonds. The number of rotatable bonds is 4. The van der Waals surface area contributed by atoms with Gasteiger partial charge in [-0.15, -0.1) is 0 Å². The molecule has 0 aliphatic heterocycles. The number of nitrogens with zero attached hydrogens (tertiary/aromatic N) is 3. The summed E-state index contributed by atoms with van der Waals surface area (Å²) in [5.41, 5.74) is 1.45. The van der Waals surface area contributed by atoms with Crippen molar-refractivity contribution in [2.75, 3.05) is 5.32 Å². The molecule has 0 spiro atoms. The molecule has 2 heterocycles. The van der Waals surface area contributed by atoms with Gasteiger partial charge in [0.2, 0.25) is 5.91 Å². The van der Waals surface area contributed by atoms with Crippen molar-refractivity contribution in [3.63, 3.8) is 0 Å². The maximum Gasteiger partial charge on any atom is 0.419 e. The number of imidazole rings is 1. The number of hydrogen-bond donors (Lipinski definition) is 2. The highest BCUT2D eigenvalue weighted by molar-refractivity contribution is 6.02. The summed E-state index contributed by atoms with van der Waals surface area (Å²) in [5.74, 6) is -0.372. The number of carbonyl (C=O) groups is 2. The van der Waals surface area contributed by atoms with Crippen molar-refractivity contribution < 1.29 is 14.3 Å². The van der Waals surface area contributed by atoms with E-state index in [4.69, 9.17) is 4.74 Å². The molecular formula is C25H23N5O4. The first kappa shape index (κ1) is 22.7. The Labute approximate surface area is 195 Å². The van der Waals surface area contributed by atoms with Crippen LogP contribution >= 0.6 is 0 Å². The van der Waals surface area contributed by atoms with E-state index in [1.54, 1.807) is 51.1 Å². The first-order valence-corrected chi connectivity index (χ1v) is 10.5. The van der Waals surface area contributed by atoms with E-state index in [9.17, 15) is 14.4 Å². The lowest BCUT2D eigenvalue weighted by Gasteiger charge is -2.18. The van der Waals surface area contributed by atoms with Gasteiger partial charge in [-0.3, -0.25) is 9.59 Å². The van der Waals surface area contributed by atoms with E-state index >= 15 is 0 Å². The van der Waals surface area contributed by atoms with E-state index in [0.29, 0.717) is 22.5 Å². The molecule has 0 fully saturated rings. The SMILES string of the molecule is CC(C)(C)OC(=O)n1cnc(/C=C/C(=O)Nc2cccc(-c3n[nH]c(=O)c4ccccc34)c2)c1.